The summed E-state index contributed by atoms with van der Waals surface area (Å²) in [7, 11) is -3.77. The average molecular weight is 368 g/mol. The second-order valence-electron chi connectivity index (χ2n) is 6.08. The minimum atomic E-state index is -3.77. The minimum Gasteiger partial charge on any atom is -0.380 e. The molecule has 0 atom stereocenters. The molecule has 26 heavy (non-hydrogen) atoms. The number of rotatable bonds is 3. The van der Waals surface area contributed by atoms with E-state index in [-0.39, 0.29) is 10.7 Å². The van der Waals surface area contributed by atoms with Crippen LogP contribution in [-0.4, -0.2) is 24.0 Å². The van der Waals surface area contributed by atoms with Crippen molar-refractivity contribution >= 4 is 21.5 Å². The number of sulfonamides is 1. The molecule has 8 heteroatoms. The normalized spacial score (nSPS) is 12.8. The van der Waals surface area contributed by atoms with Gasteiger partial charge in [-0.05, 0) is 30.3 Å². The number of primary sulfonamides is 1. The summed E-state index contributed by atoms with van der Waals surface area (Å²) in [4.78, 5) is 12.1. The zero-order valence-electron chi connectivity index (χ0n) is 13.9. The predicted molar refractivity (Wildman–Crippen MR) is 97.7 cm³/mol. The number of fused-ring (bicyclic) bond motifs is 3. The number of anilines is 1. The molecule has 1 aromatic heterocycles. The molecular formula is C18H16N4O3S. The summed E-state index contributed by atoms with van der Waals surface area (Å²) in [5.41, 5.74) is 4.59. The lowest BCUT2D eigenvalue weighted by Gasteiger charge is -2.20. The van der Waals surface area contributed by atoms with Gasteiger partial charge in [0.25, 0.3) is 0 Å². The Morgan fingerprint density at radius 3 is 2.50 bits per heavy atom. The van der Waals surface area contributed by atoms with Crippen LogP contribution in [-0.2, 0) is 16.6 Å². The van der Waals surface area contributed by atoms with Crippen molar-refractivity contribution in [2.45, 2.75) is 18.4 Å². The van der Waals surface area contributed by atoms with Gasteiger partial charge in [-0.1, -0.05) is 18.2 Å². The van der Waals surface area contributed by atoms with Gasteiger partial charge in [-0.15, -0.1) is 0 Å². The lowest BCUT2D eigenvalue weighted by Crippen LogP contribution is -2.12. The van der Waals surface area contributed by atoms with E-state index in [1.54, 1.807) is 16.8 Å². The molecule has 0 radical (unpaired) electrons. The number of hydrogen-bond acceptors (Lipinski definition) is 5. The summed E-state index contributed by atoms with van der Waals surface area (Å²) in [6.45, 7) is 1.98. The summed E-state index contributed by atoms with van der Waals surface area (Å²) in [6.07, 6.45) is 0. The van der Waals surface area contributed by atoms with Crippen molar-refractivity contribution in [3.63, 3.8) is 0 Å². The third kappa shape index (κ3) is 2.59. The standard InChI is InChI=1S/C18H16N4O3S/c1-11(23)17-15-10-20-16-5-3-2-4-14(16)18(15)22(21-17)12-6-8-13(9-7-12)26(19,24)25/h2-9,20H,10H2,1H3,(H2,19,24,25). The van der Waals surface area contributed by atoms with Crippen molar-refractivity contribution in [3.05, 3.63) is 59.8 Å². The first kappa shape index (κ1) is 16.5. The molecule has 132 valence electrons. The van der Waals surface area contributed by atoms with E-state index in [4.69, 9.17) is 5.14 Å². The molecule has 0 amide bonds. The molecule has 0 bridgehead atoms. The molecule has 1 aliphatic heterocycles. The first-order valence-electron chi connectivity index (χ1n) is 7.95. The molecule has 0 saturated carbocycles. The van der Waals surface area contributed by atoms with E-state index in [1.165, 1.54) is 19.1 Å². The summed E-state index contributed by atoms with van der Waals surface area (Å²) < 4.78 is 24.6. The molecule has 0 unspecified atom stereocenters. The second-order valence-corrected chi connectivity index (χ2v) is 7.64. The minimum absolute atomic E-state index is 0.0242. The maximum atomic E-state index is 12.1. The number of hydrogen-bond donors (Lipinski definition) is 2. The third-order valence-corrected chi connectivity index (χ3v) is 5.29. The molecule has 0 spiro atoms. The molecule has 1 aliphatic rings. The number of aromatic nitrogens is 2. The van der Waals surface area contributed by atoms with Crippen molar-refractivity contribution in [1.29, 1.82) is 0 Å². The molecule has 0 saturated heterocycles. The van der Waals surface area contributed by atoms with Gasteiger partial charge in [-0.2, -0.15) is 5.10 Å². The van der Waals surface area contributed by atoms with E-state index in [0.717, 1.165) is 22.5 Å². The number of nitrogens with two attached hydrogens (primary N) is 1. The molecule has 3 N–H and O–H groups in total. The largest absolute Gasteiger partial charge is 0.380 e. The summed E-state index contributed by atoms with van der Waals surface area (Å²) in [6, 6.07) is 13.9. The predicted octanol–water partition coefficient (Wildman–Crippen LogP) is 2.31. The first-order valence-corrected chi connectivity index (χ1v) is 9.50. The van der Waals surface area contributed by atoms with Crippen molar-refractivity contribution in [1.82, 2.24) is 9.78 Å². The van der Waals surface area contributed by atoms with Gasteiger partial charge in [0.05, 0.1) is 16.3 Å². The highest BCUT2D eigenvalue weighted by Gasteiger charge is 2.27. The van der Waals surface area contributed by atoms with Crippen LogP contribution in [0.5, 0.6) is 0 Å². The average Bonchev–Trinajstić information content (AvgIpc) is 3.01. The number of nitrogens with zero attached hydrogens (tertiary/aromatic N) is 2. The maximum absolute atomic E-state index is 12.1. The van der Waals surface area contributed by atoms with E-state index in [0.29, 0.717) is 17.9 Å². The number of para-hydroxylation sites is 1. The van der Waals surface area contributed by atoms with Crippen molar-refractivity contribution < 1.29 is 13.2 Å². The van der Waals surface area contributed by atoms with Crippen LogP contribution in [0, 0.1) is 0 Å². The Kier molecular flexibility index (Phi) is 3.67. The van der Waals surface area contributed by atoms with Crippen molar-refractivity contribution in [3.8, 4) is 16.9 Å². The van der Waals surface area contributed by atoms with Crippen LogP contribution < -0.4 is 10.5 Å². The fourth-order valence-corrected chi connectivity index (χ4v) is 3.68. The highest BCUT2D eigenvalue weighted by molar-refractivity contribution is 7.89. The second kappa shape index (κ2) is 5.79. The molecule has 3 aromatic rings. The molecule has 7 nitrogen and oxygen atoms in total. The lowest BCUT2D eigenvalue weighted by atomic mass is 9.98. The molecule has 2 aromatic carbocycles. The monoisotopic (exact) mass is 368 g/mol. The van der Waals surface area contributed by atoms with Gasteiger partial charge in [-0.25, -0.2) is 18.2 Å². The Morgan fingerprint density at radius 1 is 1.15 bits per heavy atom. The third-order valence-electron chi connectivity index (χ3n) is 4.36. The van der Waals surface area contributed by atoms with Crippen molar-refractivity contribution in [2.24, 2.45) is 5.14 Å². The van der Waals surface area contributed by atoms with E-state index >= 15 is 0 Å². The van der Waals surface area contributed by atoms with Crippen LogP contribution >= 0.6 is 0 Å². The van der Waals surface area contributed by atoms with Crippen LogP contribution in [0.1, 0.15) is 23.0 Å². The van der Waals surface area contributed by atoms with E-state index in [2.05, 4.69) is 10.4 Å². The summed E-state index contributed by atoms with van der Waals surface area (Å²) >= 11 is 0. The smallest absolute Gasteiger partial charge is 0.238 e. The zero-order valence-corrected chi connectivity index (χ0v) is 14.7. The van der Waals surface area contributed by atoms with Gasteiger partial charge < -0.3 is 5.32 Å². The first-order chi connectivity index (χ1) is 12.4. The fourth-order valence-electron chi connectivity index (χ4n) is 3.17. The van der Waals surface area contributed by atoms with E-state index in [1.807, 2.05) is 24.3 Å². The number of ketones is 1. The maximum Gasteiger partial charge on any atom is 0.238 e. The van der Waals surface area contributed by atoms with Gasteiger partial charge in [0, 0.05) is 30.3 Å². The van der Waals surface area contributed by atoms with Crippen LogP contribution in [0.15, 0.2) is 53.4 Å². The van der Waals surface area contributed by atoms with Crippen LogP contribution in [0.4, 0.5) is 5.69 Å². The SMILES string of the molecule is CC(=O)c1nn(-c2ccc(S(N)(=O)=O)cc2)c2c1CNc1ccccc1-2. The van der Waals surface area contributed by atoms with Crippen LogP contribution in [0.3, 0.4) is 0 Å². The topological polar surface area (TPSA) is 107 Å². The van der Waals surface area contributed by atoms with Crippen LogP contribution in [0.25, 0.3) is 16.9 Å². The Hall–Kier alpha value is -2.97. The lowest BCUT2D eigenvalue weighted by molar-refractivity contribution is 0.101. The van der Waals surface area contributed by atoms with E-state index in [9.17, 15) is 13.2 Å². The van der Waals surface area contributed by atoms with Crippen LogP contribution in [0.2, 0.25) is 0 Å². The quantitative estimate of drug-likeness (QED) is 0.690. The summed E-state index contributed by atoms with van der Waals surface area (Å²) in [5.74, 6) is -0.123. The Bertz CT molecular complexity index is 1130. The molecular weight excluding hydrogens is 352 g/mol. The van der Waals surface area contributed by atoms with Gasteiger partial charge in [0.15, 0.2) is 5.78 Å². The van der Waals surface area contributed by atoms with Gasteiger partial charge >= 0.3 is 0 Å². The highest BCUT2D eigenvalue weighted by Crippen LogP contribution is 2.38. The van der Waals surface area contributed by atoms with Gasteiger partial charge in [0.1, 0.15) is 5.69 Å². The Labute approximate surface area is 150 Å². The van der Waals surface area contributed by atoms with Gasteiger partial charge in [0.2, 0.25) is 10.0 Å². The number of benzene rings is 2. The molecule has 4 rings (SSSR count). The number of Topliss-reactive ketones (excluding diaryl/α,β-unsaturated/α-hetero) is 1. The fraction of sp³-hybridized carbons (Fsp3) is 0.111. The highest BCUT2D eigenvalue weighted by atomic mass is 32.2. The van der Waals surface area contributed by atoms with Gasteiger partial charge in [-0.3, -0.25) is 4.79 Å². The molecule has 2 heterocycles. The zero-order chi connectivity index (χ0) is 18.5. The van der Waals surface area contributed by atoms with Crippen molar-refractivity contribution in [2.75, 3.05) is 5.32 Å². The Morgan fingerprint density at radius 2 is 1.85 bits per heavy atom. The van der Waals surface area contributed by atoms with E-state index < -0.39 is 10.0 Å². The Balaban J connectivity index is 1.95. The number of carbonyl (C=O) groups excluding carboxylic acids is 1. The number of carbonyl (C=O) groups is 1. The summed E-state index contributed by atoms with van der Waals surface area (Å²) in [5, 5.41) is 13.0. The number of nitrogens with one attached hydrogen (secondary N) is 1. The molecule has 0 fully saturated rings. The molecule has 0 aliphatic carbocycles.